The average Bonchev–Trinajstić information content (AvgIpc) is 3.52. The van der Waals surface area contributed by atoms with Crippen LogP contribution in [0.15, 0.2) is 67.4 Å². The zero-order chi connectivity index (χ0) is 31.2. The Labute approximate surface area is 249 Å². The predicted octanol–water partition coefficient (Wildman–Crippen LogP) is 1.43. The highest BCUT2D eigenvalue weighted by Crippen LogP contribution is 2.12. The van der Waals surface area contributed by atoms with E-state index in [9.17, 15) is 24.3 Å². The number of ether oxygens (including phenoxy) is 2. The molecule has 0 aliphatic carbocycles. The number of hydrogen-bond acceptors (Lipinski definition) is 9. The molecular weight excluding hydrogens is 556 g/mol. The normalized spacial score (nSPS) is 13.7. The number of carbonyl (C=O) groups excluding carboxylic acids is 4. The van der Waals surface area contributed by atoms with Gasteiger partial charge in [-0.25, -0.2) is 14.6 Å². The zero-order valence-corrected chi connectivity index (χ0v) is 24.4. The van der Waals surface area contributed by atoms with E-state index in [4.69, 9.17) is 4.74 Å². The number of methoxy groups -OCH3 is 1. The molecule has 1 aromatic carbocycles. The second-order valence-corrected chi connectivity index (χ2v) is 10.4. The number of imidazole rings is 1. The van der Waals surface area contributed by atoms with Gasteiger partial charge in [0.1, 0.15) is 18.7 Å². The minimum absolute atomic E-state index is 0.00147. The fourth-order valence-electron chi connectivity index (χ4n) is 4.31. The minimum Gasteiger partial charge on any atom is -0.467 e. The maximum atomic E-state index is 13.6. The smallest absolute Gasteiger partial charge is 0.408 e. The number of aromatic amines is 1. The summed E-state index contributed by atoms with van der Waals surface area (Å²) in [5, 5.41) is 18.5. The third-order valence-corrected chi connectivity index (χ3v) is 6.47. The lowest BCUT2D eigenvalue weighted by molar-refractivity contribution is -0.152. The number of amides is 3. The van der Waals surface area contributed by atoms with Gasteiger partial charge in [0, 0.05) is 37.1 Å². The van der Waals surface area contributed by atoms with Gasteiger partial charge in [-0.15, -0.1) is 0 Å². The SMILES string of the molecule is COC(=O)C(O)C(CC(C)C)NC(=O)[C@H](Cc1cnc[nH]1)NC(=O)[C@H](Cc1cccnc1)NC(=O)OCc1ccccc1. The molecule has 0 aliphatic rings. The fourth-order valence-corrected chi connectivity index (χ4v) is 4.31. The Hall–Kier alpha value is -4.78. The van der Waals surface area contributed by atoms with Gasteiger partial charge in [0.25, 0.3) is 0 Å². The average molecular weight is 595 g/mol. The van der Waals surface area contributed by atoms with Crippen LogP contribution in [0.3, 0.4) is 0 Å². The summed E-state index contributed by atoms with van der Waals surface area (Å²) in [6, 6.07) is 9.27. The molecule has 3 rings (SSSR count). The van der Waals surface area contributed by atoms with Crippen molar-refractivity contribution in [2.24, 2.45) is 5.92 Å². The largest absolute Gasteiger partial charge is 0.467 e. The molecule has 4 atom stereocenters. The number of nitrogens with zero attached hydrogens (tertiary/aromatic N) is 2. The van der Waals surface area contributed by atoms with Crippen molar-refractivity contribution in [2.45, 2.75) is 63.9 Å². The quantitative estimate of drug-likeness (QED) is 0.162. The Morgan fingerprint density at radius 1 is 0.884 bits per heavy atom. The molecule has 0 bridgehead atoms. The first-order chi connectivity index (χ1) is 20.7. The van der Waals surface area contributed by atoms with Gasteiger partial charge in [-0.3, -0.25) is 14.6 Å². The first kappa shape index (κ1) is 32.7. The monoisotopic (exact) mass is 594 g/mol. The van der Waals surface area contributed by atoms with Gasteiger partial charge in [0.2, 0.25) is 11.8 Å². The number of pyridine rings is 1. The van der Waals surface area contributed by atoms with Crippen molar-refractivity contribution in [1.82, 2.24) is 30.9 Å². The number of aliphatic hydroxyl groups is 1. The van der Waals surface area contributed by atoms with Crippen molar-refractivity contribution in [3.63, 3.8) is 0 Å². The topological polar surface area (TPSA) is 185 Å². The molecule has 0 fully saturated rings. The highest BCUT2D eigenvalue weighted by atomic mass is 16.5. The lowest BCUT2D eigenvalue weighted by Gasteiger charge is -2.28. The summed E-state index contributed by atoms with van der Waals surface area (Å²) in [5.41, 5.74) is 1.99. The van der Waals surface area contributed by atoms with E-state index in [1.807, 2.05) is 32.0 Å². The summed E-state index contributed by atoms with van der Waals surface area (Å²) >= 11 is 0. The van der Waals surface area contributed by atoms with Crippen molar-refractivity contribution in [3.8, 4) is 0 Å². The molecule has 0 spiro atoms. The molecule has 0 saturated heterocycles. The maximum absolute atomic E-state index is 13.6. The molecule has 3 aromatic rings. The Kier molecular flexibility index (Phi) is 12.6. The number of rotatable bonds is 15. The van der Waals surface area contributed by atoms with Crippen LogP contribution in [-0.4, -0.2) is 75.3 Å². The van der Waals surface area contributed by atoms with Gasteiger partial charge in [0.15, 0.2) is 6.10 Å². The molecule has 0 radical (unpaired) electrons. The minimum atomic E-state index is -1.61. The van der Waals surface area contributed by atoms with Crippen LogP contribution in [0.25, 0.3) is 0 Å². The standard InChI is InChI=1S/C30H38N6O7/c1-19(2)12-23(26(37)29(40)42-3)34-28(39)25(14-22-16-32-18-33-22)35-27(38)24(13-21-10-7-11-31-15-21)36-30(41)43-17-20-8-5-4-6-9-20/h4-11,15-16,18-19,23-26,37H,12-14,17H2,1-3H3,(H,32,33)(H,34,39)(H,35,38)(H,36,41)/t23?,24-,25-,26?/m0/s1. The highest BCUT2D eigenvalue weighted by molar-refractivity contribution is 5.92. The molecule has 13 nitrogen and oxygen atoms in total. The number of aromatic nitrogens is 3. The lowest BCUT2D eigenvalue weighted by Crippen LogP contribution is -2.58. The van der Waals surface area contributed by atoms with Crippen LogP contribution >= 0.6 is 0 Å². The summed E-state index contributed by atoms with van der Waals surface area (Å²) < 4.78 is 9.98. The van der Waals surface area contributed by atoms with E-state index in [0.29, 0.717) is 11.3 Å². The maximum Gasteiger partial charge on any atom is 0.408 e. The summed E-state index contributed by atoms with van der Waals surface area (Å²) in [7, 11) is 1.14. The van der Waals surface area contributed by atoms with E-state index in [0.717, 1.165) is 12.7 Å². The van der Waals surface area contributed by atoms with Crippen molar-refractivity contribution in [1.29, 1.82) is 0 Å². The summed E-state index contributed by atoms with van der Waals surface area (Å²) in [6.07, 6.45) is 4.01. The number of H-pyrrole nitrogens is 1. The fraction of sp³-hybridized carbons (Fsp3) is 0.400. The first-order valence-corrected chi connectivity index (χ1v) is 13.9. The summed E-state index contributed by atoms with van der Waals surface area (Å²) in [4.78, 5) is 62.9. The van der Waals surface area contributed by atoms with Crippen molar-refractivity contribution >= 4 is 23.9 Å². The van der Waals surface area contributed by atoms with Crippen LogP contribution < -0.4 is 16.0 Å². The molecule has 230 valence electrons. The number of esters is 1. The summed E-state index contributed by atoms with van der Waals surface area (Å²) in [5.74, 6) is -2.19. The Morgan fingerprint density at radius 2 is 1.58 bits per heavy atom. The van der Waals surface area contributed by atoms with Crippen LogP contribution in [-0.2, 0) is 43.3 Å². The number of benzene rings is 1. The van der Waals surface area contributed by atoms with Crippen molar-refractivity contribution < 1.29 is 33.8 Å². The van der Waals surface area contributed by atoms with E-state index >= 15 is 0 Å². The predicted molar refractivity (Wildman–Crippen MR) is 155 cm³/mol. The van der Waals surface area contributed by atoms with Crippen LogP contribution in [0, 0.1) is 5.92 Å². The molecule has 3 amide bonds. The van der Waals surface area contributed by atoms with Crippen LogP contribution in [0.2, 0.25) is 0 Å². The van der Waals surface area contributed by atoms with Crippen molar-refractivity contribution in [2.75, 3.05) is 7.11 Å². The molecule has 2 unspecified atom stereocenters. The third kappa shape index (κ3) is 10.9. The molecule has 5 N–H and O–H groups in total. The second-order valence-electron chi connectivity index (χ2n) is 10.4. The number of carbonyl (C=O) groups is 4. The second kappa shape index (κ2) is 16.6. The zero-order valence-electron chi connectivity index (χ0n) is 24.4. The molecular formula is C30H38N6O7. The number of alkyl carbamates (subject to hydrolysis) is 1. The number of nitrogens with one attached hydrogen (secondary N) is 4. The van der Waals surface area contributed by atoms with Crippen LogP contribution in [0.4, 0.5) is 4.79 Å². The third-order valence-electron chi connectivity index (χ3n) is 6.47. The molecule has 0 saturated carbocycles. The molecule has 43 heavy (non-hydrogen) atoms. The van der Waals surface area contributed by atoms with Gasteiger partial charge in [-0.2, -0.15) is 0 Å². The van der Waals surface area contributed by atoms with E-state index in [-0.39, 0.29) is 31.8 Å². The van der Waals surface area contributed by atoms with E-state index in [1.165, 1.54) is 12.5 Å². The van der Waals surface area contributed by atoms with Gasteiger partial charge < -0.3 is 35.5 Å². The lowest BCUT2D eigenvalue weighted by atomic mass is 9.98. The number of aliphatic hydroxyl groups excluding tert-OH is 1. The van der Waals surface area contributed by atoms with Gasteiger partial charge in [0.05, 0.1) is 19.5 Å². The van der Waals surface area contributed by atoms with E-state index < -0.39 is 48.1 Å². The van der Waals surface area contributed by atoms with Gasteiger partial charge >= 0.3 is 12.1 Å². The molecule has 0 aliphatic heterocycles. The van der Waals surface area contributed by atoms with E-state index in [1.54, 1.807) is 36.7 Å². The Balaban J connectivity index is 1.79. The van der Waals surface area contributed by atoms with Gasteiger partial charge in [-0.1, -0.05) is 50.2 Å². The molecule has 2 heterocycles. The van der Waals surface area contributed by atoms with Crippen molar-refractivity contribution in [3.05, 3.63) is 84.2 Å². The molecule has 2 aromatic heterocycles. The van der Waals surface area contributed by atoms with Gasteiger partial charge in [-0.05, 0) is 29.5 Å². The van der Waals surface area contributed by atoms with E-state index in [2.05, 4.69) is 35.6 Å². The Morgan fingerprint density at radius 3 is 2.21 bits per heavy atom. The first-order valence-electron chi connectivity index (χ1n) is 13.9. The van der Waals surface area contributed by atoms with Crippen LogP contribution in [0.1, 0.15) is 37.1 Å². The van der Waals surface area contributed by atoms with Crippen LogP contribution in [0.5, 0.6) is 0 Å². The molecule has 13 heteroatoms. The Bertz CT molecular complexity index is 1310. The highest BCUT2D eigenvalue weighted by Gasteiger charge is 2.33. The number of hydrogen-bond donors (Lipinski definition) is 5. The summed E-state index contributed by atoms with van der Waals surface area (Å²) in [6.45, 7) is 3.75.